The van der Waals surface area contributed by atoms with Gasteiger partial charge in [-0.3, -0.25) is 4.79 Å². The molecule has 6 nitrogen and oxygen atoms in total. The van der Waals surface area contributed by atoms with Crippen LogP contribution in [0.25, 0.3) is 0 Å². The lowest BCUT2D eigenvalue weighted by atomic mass is 9.99. The minimum Gasteiger partial charge on any atom is -0.340 e. The van der Waals surface area contributed by atoms with Gasteiger partial charge in [0.2, 0.25) is 5.95 Å². The summed E-state index contributed by atoms with van der Waals surface area (Å²) in [5.41, 5.74) is 3.74. The molecule has 1 amide bonds. The summed E-state index contributed by atoms with van der Waals surface area (Å²) in [6.07, 6.45) is 3.99. The van der Waals surface area contributed by atoms with E-state index in [2.05, 4.69) is 46.6 Å². The number of amides is 1. The van der Waals surface area contributed by atoms with E-state index in [9.17, 15) is 4.79 Å². The second kappa shape index (κ2) is 8.95. The zero-order valence-electron chi connectivity index (χ0n) is 17.4. The number of piperidine rings is 1. The van der Waals surface area contributed by atoms with Crippen molar-refractivity contribution in [1.82, 2.24) is 14.9 Å². The zero-order valence-corrected chi connectivity index (χ0v) is 17.4. The Balaban J connectivity index is 1.40. The molecule has 1 aliphatic rings. The molecule has 1 aliphatic heterocycles. The highest BCUT2D eigenvalue weighted by atomic mass is 16.2. The van der Waals surface area contributed by atoms with Gasteiger partial charge in [-0.2, -0.15) is 4.98 Å². The summed E-state index contributed by atoms with van der Waals surface area (Å²) in [7, 11) is 0. The first kappa shape index (κ1) is 19.9. The highest BCUT2D eigenvalue weighted by Gasteiger charge is 2.21. The lowest BCUT2D eigenvalue weighted by Crippen LogP contribution is -2.39. The van der Waals surface area contributed by atoms with Crippen molar-refractivity contribution < 1.29 is 4.79 Å². The fraction of sp³-hybridized carbons (Fsp3) is 0.292. The van der Waals surface area contributed by atoms with Crippen LogP contribution in [-0.4, -0.2) is 33.9 Å². The standard InChI is InChI=1S/C24H27N5O/c1-17-5-9-20(10-6-17)26-22-13-14-25-24(28-22)27-21-11-7-19(8-12-21)23(30)29-15-3-4-18(2)16-29/h5-14,18H,3-4,15-16H2,1-2H3,(H2,25,26,27,28). The van der Waals surface area contributed by atoms with Gasteiger partial charge in [0.25, 0.3) is 5.91 Å². The molecule has 154 valence electrons. The van der Waals surface area contributed by atoms with Gasteiger partial charge in [-0.25, -0.2) is 4.98 Å². The van der Waals surface area contributed by atoms with E-state index in [0.29, 0.717) is 23.2 Å². The number of nitrogens with zero attached hydrogens (tertiary/aromatic N) is 3. The molecule has 0 aliphatic carbocycles. The average Bonchev–Trinajstić information content (AvgIpc) is 2.76. The van der Waals surface area contributed by atoms with Crippen molar-refractivity contribution >= 4 is 29.0 Å². The molecule has 0 saturated carbocycles. The van der Waals surface area contributed by atoms with E-state index in [1.165, 1.54) is 12.0 Å². The molecule has 1 atom stereocenters. The first-order chi connectivity index (χ1) is 14.6. The molecule has 2 heterocycles. The van der Waals surface area contributed by atoms with Crippen LogP contribution in [0.4, 0.5) is 23.1 Å². The van der Waals surface area contributed by atoms with Gasteiger partial charge >= 0.3 is 0 Å². The second-order valence-electron chi connectivity index (χ2n) is 7.96. The number of aryl methyl sites for hydroxylation is 1. The second-order valence-corrected chi connectivity index (χ2v) is 7.96. The Morgan fingerprint density at radius 3 is 2.43 bits per heavy atom. The summed E-state index contributed by atoms with van der Waals surface area (Å²) >= 11 is 0. The highest BCUT2D eigenvalue weighted by molar-refractivity contribution is 5.94. The summed E-state index contributed by atoms with van der Waals surface area (Å²) in [6, 6.07) is 17.5. The van der Waals surface area contributed by atoms with E-state index >= 15 is 0 Å². The van der Waals surface area contributed by atoms with E-state index < -0.39 is 0 Å². The molecule has 6 heteroatoms. The fourth-order valence-electron chi connectivity index (χ4n) is 3.65. The Morgan fingerprint density at radius 2 is 1.70 bits per heavy atom. The number of likely N-dealkylation sites (tertiary alicyclic amines) is 1. The molecule has 4 rings (SSSR count). The Kier molecular flexibility index (Phi) is 5.93. The van der Waals surface area contributed by atoms with E-state index in [1.54, 1.807) is 6.20 Å². The lowest BCUT2D eigenvalue weighted by Gasteiger charge is -2.31. The molecule has 3 aromatic rings. The molecule has 0 bridgehead atoms. The quantitative estimate of drug-likeness (QED) is 0.619. The number of anilines is 4. The predicted molar refractivity (Wildman–Crippen MR) is 121 cm³/mol. The van der Waals surface area contributed by atoms with Crippen LogP contribution in [0.2, 0.25) is 0 Å². The molecule has 1 aromatic heterocycles. The number of hydrogen-bond acceptors (Lipinski definition) is 5. The van der Waals surface area contributed by atoms with Crippen LogP contribution in [0.5, 0.6) is 0 Å². The maximum Gasteiger partial charge on any atom is 0.253 e. The molecular formula is C24H27N5O. The van der Waals surface area contributed by atoms with E-state index in [4.69, 9.17) is 0 Å². The number of nitrogens with one attached hydrogen (secondary N) is 2. The van der Waals surface area contributed by atoms with Crippen molar-refractivity contribution in [2.24, 2.45) is 5.92 Å². The maximum absolute atomic E-state index is 12.7. The minimum atomic E-state index is 0.105. The van der Waals surface area contributed by atoms with Gasteiger partial charge in [0.1, 0.15) is 5.82 Å². The van der Waals surface area contributed by atoms with Crippen molar-refractivity contribution in [3.05, 3.63) is 71.9 Å². The molecule has 1 fully saturated rings. The number of benzene rings is 2. The van der Waals surface area contributed by atoms with Crippen molar-refractivity contribution in [2.75, 3.05) is 23.7 Å². The minimum absolute atomic E-state index is 0.105. The van der Waals surface area contributed by atoms with Crippen molar-refractivity contribution in [2.45, 2.75) is 26.7 Å². The number of rotatable bonds is 5. The maximum atomic E-state index is 12.7. The summed E-state index contributed by atoms with van der Waals surface area (Å²) in [5, 5.41) is 6.48. The van der Waals surface area contributed by atoms with Crippen LogP contribution in [-0.2, 0) is 0 Å². The van der Waals surface area contributed by atoms with Crippen molar-refractivity contribution in [1.29, 1.82) is 0 Å². The van der Waals surface area contributed by atoms with E-state index in [-0.39, 0.29) is 5.91 Å². The summed E-state index contributed by atoms with van der Waals surface area (Å²) in [4.78, 5) is 23.5. The third-order valence-electron chi connectivity index (χ3n) is 5.31. The Morgan fingerprint density at radius 1 is 1.00 bits per heavy atom. The zero-order chi connectivity index (χ0) is 20.9. The summed E-state index contributed by atoms with van der Waals surface area (Å²) < 4.78 is 0. The van der Waals surface area contributed by atoms with Crippen molar-refractivity contribution in [3.63, 3.8) is 0 Å². The van der Waals surface area contributed by atoms with Crippen LogP contribution in [0.15, 0.2) is 60.8 Å². The Hall–Kier alpha value is -3.41. The third kappa shape index (κ3) is 4.95. The monoisotopic (exact) mass is 401 g/mol. The summed E-state index contributed by atoms with van der Waals surface area (Å²) in [6.45, 7) is 5.95. The number of hydrogen-bond donors (Lipinski definition) is 2. The van der Waals surface area contributed by atoms with Gasteiger partial charge in [-0.15, -0.1) is 0 Å². The van der Waals surface area contributed by atoms with Crippen LogP contribution in [0.1, 0.15) is 35.7 Å². The van der Waals surface area contributed by atoms with Gasteiger partial charge in [0.05, 0.1) is 0 Å². The smallest absolute Gasteiger partial charge is 0.253 e. The SMILES string of the molecule is Cc1ccc(Nc2ccnc(Nc3ccc(C(=O)N4CCCC(C)C4)cc3)n2)cc1. The first-order valence-electron chi connectivity index (χ1n) is 10.4. The van der Waals surface area contributed by atoms with Crippen LogP contribution in [0, 0.1) is 12.8 Å². The normalized spacial score (nSPS) is 16.2. The van der Waals surface area contributed by atoms with Crippen LogP contribution < -0.4 is 10.6 Å². The van der Waals surface area contributed by atoms with Gasteiger partial charge in [0.15, 0.2) is 0 Å². The molecular weight excluding hydrogens is 374 g/mol. The molecule has 0 radical (unpaired) electrons. The third-order valence-corrected chi connectivity index (χ3v) is 5.31. The Bertz CT molecular complexity index is 1000. The molecule has 30 heavy (non-hydrogen) atoms. The Labute approximate surface area is 177 Å². The molecule has 2 aromatic carbocycles. The highest BCUT2D eigenvalue weighted by Crippen LogP contribution is 2.21. The largest absolute Gasteiger partial charge is 0.340 e. The lowest BCUT2D eigenvalue weighted by molar-refractivity contribution is 0.0683. The molecule has 2 N–H and O–H groups in total. The molecule has 0 spiro atoms. The molecule has 1 saturated heterocycles. The van der Waals surface area contributed by atoms with Gasteiger partial charge in [0, 0.05) is 36.2 Å². The van der Waals surface area contributed by atoms with Gasteiger partial charge in [-0.05, 0) is 68.1 Å². The summed E-state index contributed by atoms with van der Waals surface area (Å²) in [5.74, 6) is 1.88. The predicted octanol–water partition coefficient (Wildman–Crippen LogP) is 5.14. The van der Waals surface area contributed by atoms with Crippen LogP contribution >= 0.6 is 0 Å². The van der Waals surface area contributed by atoms with Gasteiger partial charge in [-0.1, -0.05) is 24.6 Å². The number of carbonyl (C=O) groups is 1. The average molecular weight is 402 g/mol. The first-order valence-corrected chi connectivity index (χ1v) is 10.4. The topological polar surface area (TPSA) is 70.2 Å². The number of carbonyl (C=O) groups excluding carboxylic acids is 1. The van der Waals surface area contributed by atoms with E-state index in [1.807, 2.05) is 47.4 Å². The number of aromatic nitrogens is 2. The van der Waals surface area contributed by atoms with Crippen LogP contribution in [0.3, 0.4) is 0 Å². The fourth-order valence-corrected chi connectivity index (χ4v) is 3.65. The van der Waals surface area contributed by atoms with Crippen molar-refractivity contribution in [3.8, 4) is 0 Å². The molecule has 1 unspecified atom stereocenters. The van der Waals surface area contributed by atoms with Gasteiger partial charge < -0.3 is 15.5 Å². The van der Waals surface area contributed by atoms with E-state index in [0.717, 1.165) is 30.9 Å².